The minimum absolute atomic E-state index is 0.0330. The fourth-order valence-electron chi connectivity index (χ4n) is 5.74. The van der Waals surface area contributed by atoms with E-state index < -0.39 is 6.04 Å². The van der Waals surface area contributed by atoms with Crippen molar-refractivity contribution < 1.29 is 9.59 Å². The van der Waals surface area contributed by atoms with Gasteiger partial charge in [0.25, 0.3) is 0 Å². The van der Waals surface area contributed by atoms with Crippen LogP contribution in [0.5, 0.6) is 0 Å². The number of nitrogens with zero attached hydrogens (tertiary/aromatic N) is 3. The monoisotopic (exact) mass is 505 g/mol. The topological polar surface area (TPSA) is 87.2 Å². The summed E-state index contributed by atoms with van der Waals surface area (Å²) in [6.07, 6.45) is 7.17. The van der Waals surface area contributed by atoms with Crippen LogP contribution in [-0.4, -0.2) is 52.4 Å². The number of aryl methyl sites for hydroxylation is 1. The van der Waals surface area contributed by atoms with Gasteiger partial charge in [-0.25, -0.2) is 9.97 Å². The summed E-state index contributed by atoms with van der Waals surface area (Å²) in [5.41, 5.74) is 4.13. The maximum Gasteiger partial charge on any atom is 0.246 e. The molecule has 4 rings (SSSR count). The van der Waals surface area contributed by atoms with Crippen molar-refractivity contribution in [3.05, 3.63) is 47.4 Å². The van der Waals surface area contributed by atoms with Crippen molar-refractivity contribution in [1.82, 2.24) is 25.5 Å². The maximum atomic E-state index is 14.1. The summed E-state index contributed by atoms with van der Waals surface area (Å²) >= 11 is 0. The number of rotatable bonds is 8. The zero-order valence-electron chi connectivity index (χ0n) is 23.1. The predicted molar refractivity (Wildman–Crippen MR) is 147 cm³/mol. The first kappa shape index (κ1) is 27.2. The second-order valence-electron chi connectivity index (χ2n) is 11.1. The van der Waals surface area contributed by atoms with Crippen molar-refractivity contribution in [1.29, 1.82) is 0 Å². The van der Waals surface area contributed by atoms with Crippen molar-refractivity contribution in [3.8, 4) is 11.3 Å². The Morgan fingerprint density at radius 1 is 1.00 bits per heavy atom. The zero-order chi connectivity index (χ0) is 26.5. The molecule has 1 aliphatic heterocycles. The lowest BCUT2D eigenvalue weighted by Crippen LogP contribution is -2.55. The van der Waals surface area contributed by atoms with Crippen LogP contribution in [0.3, 0.4) is 0 Å². The number of carbonyl (C=O) groups is 2. The van der Waals surface area contributed by atoms with Gasteiger partial charge in [-0.15, -0.1) is 0 Å². The summed E-state index contributed by atoms with van der Waals surface area (Å²) in [6, 6.07) is 9.63. The SMILES string of the molecule is CNC(C)C(=O)N[C@H](C(=O)N1CCCC1c1cc(-c2cccc(C(C)C)c2)nc(C)n1)C1CCCCC1. The number of hydrogen-bond donors (Lipinski definition) is 2. The molecule has 3 atom stereocenters. The van der Waals surface area contributed by atoms with Crippen LogP contribution in [0.15, 0.2) is 30.3 Å². The van der Waals surface area contributed by atoms with Crippen molar-refractivity contribution in [2.45, 2.75) is 96.7 Å². The molecule has 2 N–H and O–H groups in total. The summed E-state index contributed by atoms with van der Waals surface area (Å²) in [5.74, 6) is 1.24. The maximum absolute atomic E-state index is 14.1. The highest BCUT2D eigenvalue weighted by atomic mass is 16.2. The van der Waals surface area contributed by atoms with E-state index in [9.17, 15) is 9.59 Å². The van der Waals surface area contributed by atoms with E-state index in [1.807, 2.05) is 18.7 Å². The van der Waals surface area contributed by atoms with Crippen molar-refractivity contribution in [2.24, 2.45) is 5.92 Å². The molecule has 1 aliphatic carbocycles. The number of likely N-dealkylation sites (N-methyl/N-ethyl adjacent to an activating group) is 1. The Bertz CT molecular complexity index is 1100. The average molecular weight is 506 g/mol. The number of carbonyl (C=O) groups excluding carboxylic acids is 2. The fourth-order valence-corrected chi connectivity index (χ4v) is 5.74. The summed E-state index contributed by atoms with van der Waals surface area (Å²) in [4.78, 5) is 38.5. The summed E-state index contributed by atoms with van der Waals surface area (Å²) in [6.45, 7) is 8.82. The van der Waals surface area contributed by atoms with Crippen LogP contribution in [0.25, 0.3) is 11.3 Å². The minimum Gasteiger partial charge on any atom is -0.343 e. The predicted octanol–water partition coefficient (Wildman–Crippen LogP) is 4.91. The van der Waals surface area contributed by atoms with E-state index in [1.165, 1.54) is 12.0 Å². The first-order valence-corrected chi connectivity index (χ1v) is 14.0. The van der Waals surface area contributed by atoms with Gasteiger partial charge in [0.05, 0.1) is 23.5 Å². The lowest BCUT2D eigenvalue weighted by Gasteiger charge is -2.35. The molecule has 0 radical (unpaired) electrons. The zero-order valence-corrected chi connectivity index (χ0v) is 23.1. The quantitative estimate of drug-likeness (QED) is 0.532. The number of likely N-dealkylation sites (tertiary alicyclic amines) is 1. The second kappa shape index (κ2) is 12.2. The highest BCUT2D eigenvalue weighted by molar-refractivity contribution is 5.90. The van der Waals surface area contributed by atoms with Gasteiger partial charge >= 0.3 is 0 Å². The van der Waals surface area contributed by atoms with Crippen molar-refractivity contribution >= 4 is 11.8 Å². The molecular weight excluding hydrogens is 462 g/mol. The summed E-state index contributed by atoms with van der Waals surface area (Å²) in [5, 5.41) is 6.13. The summed E-state index contributed by atoms with van der Waals surface area (Å²) < 4.78 is 0. The second-order valence-corrected chi connectivity index (χ2v) is 11.1. The van der Waals surface area contributed by atoms with Crippen LogP contribution in [-0.2, 0) is 9.59 Å². The Morgan fingerprint density at radius 3 is 2.46 bits per heavy atom. The molecule has 1 aromatic heterocycles. The molecule has 1 aromatic carbocycles. The average Bonchev–Trinajstić information content (AvgIpc) is 3.41. The van der Waals surface area contributed by atoms with E-state index in [0.29, 0.717) is 18.3 Å². The van der Waals surface area contributed by atoms with Gasteiger partial charge in [0.1, 0.15) is 11.9 Å². The molecular formula is C30H43N5O2. The molecule has 7 heteroatoms. The van der Waals surface area contributed by atoms with Gasteiger partial charge < -0.3 is 15.5 Å². The molecule has 0 bridgehead atoms. The standard InChI is InChI=1S/C30H43N5O2/c1-19(2)23-13-9-14-24(17-23)25-18-26(33-21(4)32-25)27-15-10-16-35(27)30(37)28(22-11-7-6-8-12-22)34-29(36)20(3)31-5/h9,13-14,17-20,22,27-28,31H,6-8,10-12,15-16H2,1-5H3,(H,34,36)/t20?,27?,28-/m0/s1. The van der Waals surface area contributed by atoms with Crippen LogP contribution in [0, 0.1) is 12.8 Å². The van der Waals surface area contributed by atoms with E-state index in [-0.39, 0.29) is 29.8 Å². The third kappa shape index (κ3) is 6.38. The Hall–Kier alpha value is -2.80. The molecule has 2 heterocycles. The van der Waals surface area contributed by atoms with Crippen LogP contribution < -0.4 is 10.6 Å². The van der Waals surface area contributed by atoms with Crippen LogP contribution in [0.4, 0.5) is 0 Å². The van der Waals surface area contributed by atoms with E-state index in [2.05, 4.69) is 54.8 Å². The van der Waals surface area contributed by atoms with Gasteiger partial charge in [-0.2, -0.15) is 0 Å². The molecule has 200 valence electrons. The number of benzene rings is 1. The molecule has 2 amide bonds. The first-order chi connectivity index (χ1) is 17.8. The Morgan fingerprint density at radius 2 is 1.76 bits per heavy atom. The Labute approximate surface area is 221 Å². The number of amides is 2. The largest absolute Gasteiger partial charge is 0.343 e. The lowest BCUT2D eigenvalue weighted by atomic mass is 9.83. The summed E-state index contributed by atoms with van der Waals surface area (Å²) in [7, 11) is 1.77. The lowest BCUT2D eigenvalue weighted by molar-refractivity contribution is -0.139. The molecule has 1 saturated heterocycles. The van der Waals surface area contributed by atoms with Crippen molar-refractivity contribution in [3.63, 3.8) is 0 Å². The van der Waals surface area contributed by atoms with Crippen LogP contribution in [0.1, 0.15) is 94.8 Å². The van der Waals surface area contributed by atoms with Crippen molar-refractivity contribution in [2.75, 3.05) is 13.6 Å². The first-order valence-electron chi connectivity index (χ1n) is 14.0. The van der Waals surface area contributed by atoms with E-state index >= 15 is 0 Å². The molecule has 2 aliphatic rings. The van der Waals surface area contributed by atoms with E-state index in [0.717, 1.165) is 55.5 Å². The molecule has 1 saturated carbocycles. The molecule has 37 heavy (non-hydrogen) atoms. The Balaban J connectivity index is 1.62. The van der Waals surface area contributed by atoms with Gasteiger partial charge in [0, 0.05) is 12.1 Å². The van der Waals surface area contributed by atoms with E-state index in [4.69, 9.17) is 9.97 Å². The number of hydrogen-bond acceptors (Lipinski definition) is 5. The highest BCUT2D eigenvalue weighted by Gasteiger charge is 2.39. The third-order valence-electron chi connectivity index (χ3n) is 8.10. The smallest absolute Gasteiger partial charge is 0.246 e. The molecule has 2 aromatic rings. The molecule has 0 spiro atoms. The van der Waals surface area contributed by atoms with E-state index in [1.54, 1.807) is 7.05 Å². The molecule has 2 unspecified atom stereocenters. The normalized spacial score (nSPS) is 20.2. The van der Waals surface area contributed by atoms with Crippen LogP contribution in [0.2, 0.25) is 0 Å². The molecule has 2 fully saturated rings. The highest BCUT2D eigenvalue weighted by Crippen LogP contribution is 2.35. The van der Waals surface area contributed by atoms with Crippen LogP contribution >= 0.6 is 0 Å². The molecule has 7 nitrogen and oxygen atoms in total. The Kier molecular flexibility index (Phi) is 8.95. The van der Waals surface area contributed by atoms with Gasteiger partial charge in [0.2, 0.25) is 11.8 Å². The minimum atomic E-state index is -0.491. The number of aromatic nitrogens is 2. The fraction of sp³-hybridized carbons (Fsp3) is 0.600. The van der Waals surface area contributed by atoms with Gasteiger partial charge in [-0.1, -0.05) is 51.3 Å². The third-order valence-corrected chi connectivity index (χ3v) is 8.10. The van der Waals surface area contributed by atoms with Gasteiger partial charge in [-0.05, 0) is 76.1 Å². The van der Waals surface area contributed by atoms with Gasteiger partial charge in [0.15, 0.2) is 0 Å². The number of nitrogens with one attached hydrogen (secondary N) is 2. The van der Waals surface area contributed by atoms with Gasteiger partial charge in [-0.3, -0.25) is 9.59 Å².